The highest BCUT2D eigenvalue weighted by molar-refractivity contribution is 5.66. The molecule has 0 aliphatic heterocycles. The molecule has 1 aromatic heterocycles. The van der Waals surface area contributed by atoms with Crippen molar-refractivity contribution in [2.75, 3.05) is 13.7 Å². The molecular formula is C31H37N3O3. The number of aliphatic hydroxyl groups excluding tert-OH is 1. The van der Waals surface area contributed by atoms with Gasteiger partial charge < -0.3 is 14.6 Å². The molecule has 0 unspecified atom stereocenters. The van der Waals surface area contributed by atoms with Gasteiger partial charge in [0.2, 0.25) is 5.88 Å². The van der Waals surface area contributed by atoms with E-state index in [0.29, 0.717) is 36.9 Å². The summed E-state index contributed by atoms with van der Waals surface area (Å²) in [5.41, 5.74) is 4.01. The number of nitrogens with zero attached hydrogens (tertiary/aromatic N) is 3. The molecular weight excluding hydrogens is 462 g/mol. The molecule has 0 amide bonds. The van der Waals surface area contributed by atoms with E-state index in [9.17, 15) is 5.11 Å². The molecule has 0 bridgehead atoms. The van der Waals surface area contributed by atoms with Crippen LogP contribution in [-0.4, -0.2) is 45.6 Å². The number of aryl methyl sites for hydroxylation is 1. The second kappa shape index (κ2) is 12.6. The molecule has 0 spiro atoms. The maximum Gasteiger partial charge on any atom is 0.222 e. The summed E-state index contributed by atoms with van der Waals surface area (Å²) in [7, 11) is 3.54. The van der Waals surface area contributed by atoms with Crippen molar-refractivity contribution in [2.24, 2.45) is 7.05 Å². The van der Waals surface area contributed by atoms with Gasteiger partial charge in [-0.25, -0.2) is 4.68 Å². The molecule has 4 rings (SSSR count). The Morgan fingerprint density at radius 2 is 1.54 bits per heavy atom. The summed E-state index contributed by atoms with van der Waals surface area (Å²) in [5, 5.41) is 15.9. The minimum absolute atomic E-state index is 0.258. The lowest BCUT2D eigenvalue weighted by atomic mass is 10.0. The first kappa shape index (κ1) is 26.5. The highest BCUT2D eigenvalue weighted by Crippen LogP contribution is 2.37. The third kappa shape index (κ3) is 6.59. The number of ether oxygens (including phenoxy) is 2. The standard InChI is InChI=1S/C31H37N3O3/c1-5-23(2)34(21-26(35)20-24-14-8-6-9-15-24)22-27-30(25-16-10-7-11-17-25)32-33(3)31(27)37-29-19-13-12-18-28(29)36-4/h6-19,23,26,35H,5,20-22H2,1-4H3/t23-,26+/m1/s1. The van der Waals surface area contributed by atoms with Gasteiger partial charge in [0, 0.05) is 31.7 Å². The van der Waals surface area contributed by atoms with Crippen LogP contribution in [0.25, 0.3) is 11.3 Å². The van der Waals surface area contributed by atoms with Gasteiger partial charge in [-0.3, -0.25) is 4.90 Å². The highest BCUT2D eigenvalue weighted by Gasteiger charge is 2.26. The van der Waals surface area contributed by atoms with Crippen molar-refractivity contribution in [3.05, 3.63) is 96.1 Å². The highest BCUT2D eigenvalue weighted by atomic mass is 16.5. The lowest BCUT2D eigenvalue weighted by Gasteiger charge is -2.31. The van der Waals surface area contributed by atoms with Gasteiger partial charge in [0.1, 0.15) is 5.69 Å². The molecule has 3 aromatic carbocycles. The van der Waals surface area contributed by atoms with E-state index in [0.717, 1.165) is 28.8 Å². The SMILES string of the molecule is CC[C@@H](C)N(Cc1c(-c2ccccc2)nn(C)c1Oc1ccccc1OC)C[C@@H](O)Cc1ccccc1. The minimum Gasteiger partial charge on any atom is -0.493 e. The zero-order valence-electron chi connectivity index (χ0n) is 22.2. The van der Waals surface area contributed by atoms with Crippen LogP contribution in [0.3, 0.4) is 0 Å². The van der Waals surface area contributed by atoms with Crippen LogP contribution < -0.4 is 9.47 Å². The lowest BCUT2D eigenvalue weighted by molar-refractivity contribution is 0.0845. The molecule has 194 valence electrons. The Balaban J connectivity index is 1.69. The fourth-order valence-corrected chi connectivity index (χ4v) is 4.54. The Morgan fingerprint density at radius 1 is 0.919 bits per heavy atom. The number of hydrogen-bond donors (Lipinski definition) is 1. The summed E-state index contributed by atoms with van der Waals surface area (Å²) < 4.78 is 13.8. The average molecular weight is 500 g/mol. The molecule has 6 nitrogen and oxygen atoms in total. The maximum absolute atomic E-state index is 11.0. The van der Waals surface area contributed by atoms with E-state index in [2.05, 4.69) is 43.0 Å². The third-order valence-corrected chi connectivity index (χ3v) is 6.75. The van der Waals surface area contributed by atoms with Gasteiger partial charge in [0.15, 0.2) is 11.5 Å². The van der Waals surface area contributed by atoms with Crippen LogP contribution >= 0.6 is 0 Å². The zero-order chi connectivity index (χ0) is 26.2. The van der Waals surface area contributed by atoms with E-state index in [1.807, 2.05) is 67.7 Å². The molecule has 2 atom stereocenters. The summed E-state index contributed by atoms with van der Waals surface area (Å²) in [6.45, 7) is 5.51. The van der Waals surface area contributed by atoms with E-state index in [-0.39, 0.29) is 6.04 Å². The third-order valence-electron chi connectivity index (χ3n) is 6.75. The number of aliphatic hydroxyl groups is 1. The van der Waals surface area contributed by atoms with Crippen molar-refractivity contribution < 1.29 is 14.6 Å². The minimum atomic E-state index is -0.494. The van der Waals surface area contributed by atoms with Gasteiger partial charge in [0.25, 0.3) is 0 Å². The quantitative estimate of drug-likeness (QED) is 0.256. The van der Waals surface area contributed by atoms with Crippen molar-refractivity contribution in [3.8, 4) is 28.6 Å². The molecule has 37 heavy (non-hydrogen) atoms. The molecule has 1 N–H and O–H groups in total. The molecule has 4 aromatic rings. The first-order valence-electron chi connectivity index (χ1n) is 12.9. The number of rotatable bonds is 12. The molecule has 0 radical (unpaired) electrons. The molecule has 0 fully saturated rings. The maximum atomic E-state index is 11.0. The van der Waals surface area contributed by atoms with Gasteiger partial charge in [-0.2, -0.15) is 5.10 Å². The van der Waals surface area contributed by atoms with Gasteiger partial charge >= 0.3 is 0 Å². The second-order valence-electron chi connectivity index (χ2n) is 9.41. The van der Waals surface area contributed by atoms with Crippen LogP contribution in [0.5, 0.6) is 17.4 Å². The average Bonchev–Trinajstić information content (AvgIpc) is 3.23. The molecule has 0 saturated carbocycles. The van der Waals surface area contributed by atoms with Crippen molar-refractivity contribution >= 4 is 0 Å². The van der Waals surface area contributed by atoms with Crippen LogP contribution in [0.1, 0.15) is 31.4 Å². The smallest absolute Gasteiger partial charge is 0.222 e. The molecule has 0 aliphatic carbocycles. The number of aromatic nitrogens is 2. The van der Waals surface area contributed by atoms with Gasteiger partial charge in [0.05, 0.1) is 18.8 Å². The fourth-order valence-electron chi connectivity index (χ4n) is 4.54. The predicted molar refractivity (Wildman–Crippen MR) is 148 cm³/mol. The molecule has 1 heterocycles. The summed E-state index contributed by atoms with van der Waals surface area (Å²) >= 11 is 0. The number of benzene rings is 3. The first-order chi connectivity index (χ1) is 18.0. The van der Waals surface area contributed by atoms with E-state index in [1.165, 1.54) is 0 Å². The fraction of sp³-hybridized carbons (Fsp3) is 0.323. The van der Waals surface area contributed by atoms with Crippen molar-refractivity contribution in [1.29, 1.82) is 0 Å². The number of hydrogen-bond acceptors (Lipinski definition) is 5. The monoisotopic (exact) mass is 499 g/mol. The van der Waals surface area contributed by atoms with Crippen molar-refractivity contribution in [2.45, 2.75) is 45.4 Å². The van der Waals surface area contributed by atoms with Crippen LogP contribution in [0.2, 0.25) is 0 Å². The predicted octanol–water partition coefficient (Wildman–Crippen LogP) is 6.09. The van der Waals surface area contributed by atoms with Crippen LogP contribution in [0, 0.1) is 0 Å². The normalized spacial score (nSPS) is 12.9. The Hall–Kier alpha value is -3.61. The van der Waals surface area contributed by atoms with Crippen molar-refractivity contribution in [3.63, 3.8) is 0 Å². The zero-order valence-corrected chi connectivity index (χ0v) is 22.2. The topological polar surface area (TPSA) is 59.8 Å². The molecule has 6 heteroatoms. The summed E-state index contributed by atoms with van der Waals surface area (Å²) in [6.07, 6.45) is 1.07. The van der Waals surface area contributed by atoms with E-state index >= 15 is 0 Å². The summed E-state index contributed by atoms with van der Waals surface area (Å²) in [5.74, 6) is 1.95. The van der Waals surface area contributed by atoms with Crippen LogP contribution in [-0.2, 0) is 20.0 Å². The number of para-hydroxylation sites is 2. The summed E-state index contributed by atoms with van der Waals surface area (Å²) in [4.78, 5) is 2.33. The molecule has 0 aliphatic rings. The van der Waals surface area contributed by atoms with Gasteiger partial charge in [-0.1, -0.05) is 79.7 Å². The van der Waals surface area contributed by atoms with Crippen LogP contribution in [0.4, 0.5) is 0 Å². The Bertz CT molecular complexity index is 1260. The lowest BCUT2D eigenvalue weighted by Crippen LogP contribution is -2.39. The van der Waals surface area contributed by atoms with Gasteiger partial charge in [-0.05, 0) is 37.5 Å². The van der Waals surface area contributed by atoms with E-state index in [1.54, 1.807) is 11.8 Å². The number of methoxy groups -OCH3 is 1. The van der Waals surface area contributed by atoms with E-state index < -0.39 is 6.10 Å². The first-order valence-corrected chi connectivity index (χ1v) is 12.9. The van der Waals surface area contributed by atoms with E-state index in [4.69, 9.17) is 14.6 Å². The van der Waals surface area contributed by atoms with Crippen molar-refractivity contribution in [1.82, 2.24) is 14.7 Å². The second-order valence-corrected chi connectivity index (χ2v) is 9.41. The van der Waals surface area contributed by atoms with Crippen LogP contribution in [0.15, 0.2) is 84.9 Å². The summed E-state index contributed by atoms with van der Waals surface area (Å²) in [6, 6.07) is 28.2. The Morgan fingerprint density at radius 3 is 2.19 bits per heavy atom. The Kier molecular flexibility index (Phi) is 8.99. The Labute approximate surface area is 220 Å². The largest absolute Gasteiger partial charge is 0.493 e. The molecule has 0 saturated heterocycles. The van der Waals surface area contributed by atoms with Gasteiger partial charge in [-0.15, -0.1) is 0 Å².